The number of aromatic hydroxyl groups is 1. The van der Waals surface area contributed by atoms with Crippen molar-refractivity contribution in [2.45, 2.75) is 51.6 Å². The van der Waals surface area contributed by atoms with E-state index in [1.165, 1.54) is 25.3 Å². The van der Waals surface area contributed by atoms with Crippen LogP contribution in [-0.2, 0) is 4.74 Å². The summed E-state index contributed by atoms with van der Waals surface area (Å²) in [5.74, 6) is -0.0447. The standard InChI is InChI=1S/C16H22O3/c1-16(2,12-8-4-3-5-9-12)19-15(18)13-10-6-7-11-14(13)17/h6-7,10-12,17H,3-5,8-9H2,1-2H3. The van der Waals surface area contributed by atoms with E-state index >= 15 is 0 Å². The maximum absolute atomic E-state index is 12.1. The van der Waals surface area contributed by atoms with Gasteiger partial charge in [-0.2, -0.15) is 0 Å². The zero-order valence-corrected chi connectivity index (χ0v) is 11.7. The molecule has 3 nitrogen and oxygen atoms in total. The largest absolute Gasteiger partial charge is 0.507 e. The lowest BCUT2D eigenvalue weighted by atomic mass is 9.79. The molecule has 3 heteroatoms. The van der Waals surface area contributed by atoms with Gasteiger partial charge in [-0.3, -0.25) is 0 Å². The van der Waals surface area contributed by atoms with Crippen LogP contribution >= 0.6 is 0 Å². The van der Waals surface area contributed by atoms with E-state index in [1.54, 1.807) is 18.2 Å². The molecule has 2 rings (SSSR count). The van der Waals surface area contributed by atoms with Gasteiger partial charge in [0.15, 0.2) is 0 Å². The fourth-order valence-corrected chi connectivity index (χ4v) is 2.82. The fraction of sp³-hybridized carbons (Fsp3) is 0.562. The molecule has 1 aromatic rings. The number of ether oxygens (including phenoxy) is 1. The first-order valence-corrected chi connectivity index (χ1v) is 7.02. The van der Waals surface area contributed by atoms with Crippen molar-refractivity contribution in [1.82, 2.24) is 0 Å². The highest BCUT2D eigenvalue weighted by molar-refractivity contribution is 5.92. The van der Waals surface area contributed by atoms with E-state index in [0.29, 0.717) is 5.92 Å². The lowest BCUT2D eigenvalue weighted by Gasteiger charge is -2.36. The topological polar surface area (TPSA) is 46.5 Å². The monoisotopic (exact) mass is 262 g/mol. The molecule has 0 aliphatic heterocycles. The average Bonchev–Trinajstić information content (AvgIpc) is 2.39. The Balaban J connectivity index is 2.07. The highest BCUT2D eigenvalue weighted by Gasteiger charge is 2.34. The molecule has 1 N–H and O–H groups in total. The van der Waals surface area contributed by atoms with Crippen molar-refractivity contribution in [2.24, 2.45) is 5.92 Å². The summed E-state index contributed by atoms with van der Waals surface area (Å²) in [7, 11) is 0. The third kappa shape index (κ3) is 3.28. The van der Waals surface area contributed by atoms with Gasteiger partial charge < -0.3 is 9.84 Å². The van der Waals surface area contributed by atoms with Crippen molar-refractivity contribution in [3.8, 4) is 5.75 Å². The van der Waals surface area contributed by atoms with Gasteiger partial charge >= 0.3 is 5.97 Å². The summed E-state index contributed by atoms with van der Waals surface area (Å²) in [5.41, 5.74) is -0.230. The van der Waals surface area contributed by atoms with Crippen LogP contribution in [0.3, 0.4) is 0 Å². The number of esters is 1. The second-order valence-corrected chi connectivity index (χ2v) is 5.85. The molecule has 0 heterocycles. The second kappa shape index (κ2) is 5.64. The van der Waals surface area contributed by atoms with Crippen LogP contribution in [0.1, 0.15) is 56.3 Å². The van der Waals surface area contributed by atoms with Crippen molar-refractivity contribution < 1.29 is 14.6 Å². The van der Waals surface area contributed by atoms with Crippen LogP contribution in [0, 0.1) is 5.92 Å². The molecule has 0 spiro atoms. The van der Waals surface area contributed by atoms with Crippen molar-refractivity contribution >= 4 is 5.97 Å². The predicted molar refractivity (Wildman–Crippen MR) is 74.2 cm³/mol. The summed E-state index contributed by atoms with van der Waals surface area (Å²) in [6.45, 7) is 3.95. The minimum Gasteiger partial charge on any atom is -0.507 e. The zero-order valence-electron chi connectivity index (χ0n) is 11.7. The molecule has 0 unspecified atom stereocenters. The van der Waals surface area contributed by atoms with Crippen molar-refractivity contribution in [3.63, 3.8) is 0 Å². The molecule has 0 radical (unpaired) electrons. The Kier molecular flexibility index (Phi) is 4.13. The van der Waals surface area contributed by atoms with Crippen LogP contribution in [-0.4, -0.2) is 16.7 Å². The van der Waals surface area contributed by atoms with Crippen molar-refractivity contribution in [3.05, 3.63) is 29.8 Å². The Bertz CT molecular complexity index is 445. The van der Waals surface area contributed by atoms with Crippen LogP contribution in [0.5, 0.6) is 5.75 Å². The molecule has 0 bridgehead atoms. The van der Waals surface area contributed by atoms with Crippen molar-refractivity contribution in [2.75, 3.05) is 0 Å². The molecule has 1 fully saturated rings. The predicted octanol–water partition coefficient (Wildman–Crippen LogP) is 3.91. The van der Waals surface area contributed by atoms with Gasteiger partial charge in [-0.1, -0.05) is 31.4 Å². The molecular weight excluding hydrogens is 240 g/mol. The van der Waals surface area contributed by atoms with E-state index in [2.05, 4.69) is 0 Å². The van der Waals surface area contributed by atoms with Crippen LogP contribution in [0.15, 0.2) is 24.3 Å². The fourth-order valence-electron chi connectivity index (χ4n) is 2.82. The summed E-state index contributed by atoms with van der Waals surface area (Å²) in [4.78, 5) is 12.1. The number of benzene rings is 1. The number of phenolic OH excluding ortho intramolecular Hbond substituents is 1. The lowest BCUT2D eigenvalue weighted by Crippen LogP contribution is -2.37. The van der Waals surface area contributed by atoms with Gasteiger partial charge in [0.1, 0.15) is 16.9 Å². The molecule has 1 saturated carbocycles. The SMILES string of the molecule is CC(C)(OC(=O)c1ccccc1O)C1CCCCC1. The van der Waals surface area contributed by atoms with Crippen LogP contribution in [0.4, 0.5) is 0 Å². The average molecular weight is 262 g/mol. The Labute approximate surface area is 114 Å². The van der Waals surface area contributed by atoms with E-state index in [0.717, 1.165) is 12.8 Å². The van der Waals surface area contributed by atoms with E-state index in [1.807, 2.05) is 13.8 Å². The van der Waals surface area contributed by atoms with Gasteiger partial charge in [-0.05, 0) is 44.7 Å². The van der Waals surface area contributed by atoms with E-state index in [-0.39, 0.29) is 11.3 Å². The first-order valence-electron chi connectivity index (χ1n) is 7.02. The number of hydrogen-bond donors (Lipinski definition) is 1. The van der Waals surface area contributed by atoms with Gasteiger partial charge in [0.2, 0.25) is 0 Å². The van der Waals surface area contributed by atoms with Crippen molar-refractivity contribution in [1.29, 1.82) is 0 Å². The van der Waals surface area contributed by atoms with Crippen LogP contribution in [0.25, 0.3) is 0 Å². The first kappa shape index (κ1) is 13.9. The van der Waals surface area contributed by atoms with E-state index < -0.39 is 11.6 Å². The number of carbonyl (C=O) groups excluding carboxylic acids is 1. The van der Waals surface area contributed by atoms with Crippen LogP contribution < -0.4 is 0 Å². The molecule has 19 heavy (non-hydrogen) atoms. The number of para-hydroxylation sites is 1. The smallest absolute Gasteiger partial charge is 0.342 e. The Morgan fingerprint density at radius 1 is 1.21 bits per heavy atom. The van der Waals surface area contributed by atoms with Crippen LogP contribution in [0.2, 0.25) is 0 Å². The minimum atomic E-state index is -0.472. The summed E-state index contributed by atoms with van der Waals surface area (Å²) >= 11 is 0. The maximum atomic E-state index is 12.1. The number of hydrogen-bond acceptors (Lipinski definition) is 3. The zero-order chi connectivity index (χ0) is 13.9. The summed E-state index contributed by atoms with van der Waals surface area (Å²) in [6, 6.07) is 6.52. The normalized spacial score (nSPS) is 17.2. The summed E-state index contributed by atoms with van der Waals surface area (Å²) in [5, 5.41) is 9.69. The minimum absolute atomic E-state index is 0.0213. The number of phenols is 1. The van der Waals surface area contributed by atoms with Gasteiger partial charge in [0.25, 0.3) is 0 Å². The van der Waals surface area contributed by atoms with E-state index in [9.17, 15) is 9.90 Å². The molecular formula is C16H22O3. The van der Waals surface area contributed by atoms with E-state index in [4.69, 9.17) is 4.74 Å². The van der Waals surface area contributed by atoms with Gasteiger partial charge in [0, 0.05) is 0 Å². The Hall–Kier alpha value is -1.51. The third-order valence-corrected chi connectivity index (χ3v) is 4.07. The third-order valence-electron chi connectivity index (χ3n) is 4.07. The Morgan fingerprint density at radius 2 is 1.84 bits per heavy atom. The lowest BCUT2D eigenvalue weighted by molar-refractivity contribution is -0.0386. The molecule has 0 atom stereocenters. The summed E-state index contributed by atoms with van der Waals surface area (Å²) < 4.78 is 5.65. The second-order valence-electron chi connectivity index (χ2n) is 5.85. The summed E-state index contributed by atoms with van der Waals surface area (Å²) in [6.07, 6.45) is 5.92. The number of rotatable bonds is 3. The molecule has 1 aliphatic carbocycles. The van der Waals surface area contributed by atoms with Gasteiger partial charge in [-0.25, -0.2) is 4.79 Å². The van der Waals surface area contributed by atoms with Gasteiger partial charge in [-0.15, -0.1) is 0 Å². The maximum Gasteiger partial charge on any atom is 0.342 e. The highest BCUT2D eigenvalue weighted by atomic mass is 16.6. The molecule has 1 aliphatic rings. The molecule has 1 aromatic carbocycles. The Morgan fingerprint density at radius 3 is 2.47 bits per heavy atom. The number of carbonyl (C=O) groups is 1. The molecule has 0 amide bonds. The molecule has 0 saturated heterocycles. The highest BCUT2D eigenvalue weighted by Crippen LogP contribution is 2.35. The molecule has 0 aromatic heterocycles. The molecule has 104 valence electrons. The van der Waals surface area contributed by atoms with Gasteiger partial charge in [0.05, 0.1) is 0 Å². The first-order chi connectivity index (χ1) is 9.00. The quantitative estimate of drug-likeness (QED) is 0.840.